The van der Waals surface area contributed by atoms with Crippen LogP contribution in [0.1, 0.15) is 31.2 Å². The Kier molecular flexibility index (Phi) is 4.25. The molecule has 0 aliphatic heterocycles. The average molecular weight is 260 g/mol. The number of likely N-dealkylation sites (N-methyl/N-ethyl adjacent to an activating group) is 1. The largest absolute Gasteiger partial charge is 0.369 e. The van der Waals surface area contributed by atoms with Crippen molar-refractivity contribution in [2.45, 2.75) is 37.6 Å². The van der Waals surface area contributed by atoms with Crippen LogP contribution < -0.4 is 5.73 Å². The van der Waals surface area contributed by atoms with Gasteiger partial charge >= 0.3 is 0 Å². The first-order valence-electron chi connectivity index (χ1n) is 7.04. The van der Waals surface area contributed by atoms with E-state index in [1.165, 1.54) is 5.56 Å². The highest BCUT2D eigenvalue weighted by Gasteiger charge is 2.38. The van der Waals surface area contributed by atoms with E-state index >= 15 is 0 Å². The first-order valence-corrected chi connectivity index (χ1v) is 7.04. The number of carbonyl (C=O) groups excluding carboxylic acids is 1. The highest BCUT2D eigenvalue weighted by Crippen LogP contribution is 2.37. The molecule has 104 valence electrons. The van der Waals surface area contributed by atoms with E-state index in [-0.39, 0.29) is 17.4 Å². The van der Waals surface area contributed by atoms with Crippen LogP contribution in [0.3, 0.4) is 0 Å². The predicted octanol–water partition coefficient (Wildman–Crippen LogP) is 2.21. The van der Waals surface area contributed by atoms with E-state index in [0.29, 0.717) is 0 Å². The summed E-state index contributed by atoms with van der Waals surface area (Å²) in [4.78, 5) is 13.6. The fourth-order valence-electron chi connectivity index (χ4n) is 3.20. The Balaban J connectivity index is 2.10. The molecule has 0 bridgehead atoms. The van der Waals surface area contributed by atoms with Gasteiger partial charge in [-0.05, 0) is 51.8 Å². The summed E-state index contributed by atoms with van der Waals surface area (Å²) in [5, 5.41) is 0. The lowest BCUT2D eigenvalue weighted by Gasteiger charge is -2.45. The molecule has 0 spiro atoms. The number of benzene rings is 1. The minimum atomic E-state index is -0.132. The van der Waals surface area contributed by atoms with Crippen molar-refractivity contribution in [2.75, 3.05) is 14.1 Å². The number of carbonyl (C=O) groups is 1. The number of nitrogens with zero attached hydrogens (tertiary/aromatic N) is 1. The van der Waals surface area contributed by atoms with E-state index in [9.17, 15) is 4.79 Å². The maximum atomic E-state index is 11.3. The van der Waals surface area contributed by atoms with Gasteiger partial charge in [0.15, 0.2) is 0 Å². The molecule has 0 saturated heterocycles. The Morgan fingerprint density at radius 2 is 1.84 bits per heavy atom. The first-order chi connectivity index (χ1) is 9.03. The van der Waals surface area contributed by atoms with Gasteiger partial charge in [0.2, 0.25) is 5.91 Å². The van der Waals surface area contributed by atoms with Crippen molar-refractivity contribution in [1.29, 1.82) is 0 Å². The molecule has 1 aromatic carbocycles. The van der Waals surface area contributed by atoms with Gasteiger partial charge in [0, 0.05) is 11.5 Å². The Bertz CT molecular complexity index is 420. The maximum absolute atomic E-state index is 11.3. The second-order valence-electron chi connectivity index (χ2n) is 5.96. The predicted molar refractivity (Wildman–Crippen MR) is 77.7 cm³/mol. The van der Waals surface area contributed by atoms with Gasteiger partial charge in [-0.3, -0.25) is 4.79 Å². The summed E-state index contributed by atoms with van der Waals surface area (Å²) < 4.78 is 0. The van der Waals surface area contributed by atoms with E-state index in [0.717, 1.165) is 32.1 Å². The quantitative estimate of drug-likeness (QED) is 0.902. The number of rotatable bonds is 4. The highest BCUT2D eigenvalue weighted by molar-refractivity contribution is 5.76. The van der Waals surface area contributed by atoms with Gasteiger partial charge in [-0.15, -0.1) is 0 Å². The summed E-state index contributed by atoms with van der Waals surface area (Å²) in [6, 6.07) is 10.6. The SMILES string of the molecule is CN(C)C1(Cc2ccccc2)CCC(C(N)=O)CC1. The number of amides is 1. The summed E-state index contributed by atoms with van der Waals surface area (Å²) in [7, 11) is 4.29. The molecule has 1 fully saturated rings. The Hall–Kier alpha value is -1.35. The van der Waals surface area contributed by atoms with Crippen molar-refractivity contribution in [3.05, 3.63) is 35.9 Å². The van der Waals surface area contributed by atoms with Gasteiger partial charge in [-0.25, -0.2) is 0 Å². The molecule has 0 unspecified atom stereocenters. The van der Waals surface area contributed by atoms with Crippen LogP contribution in [-0.4, -0.2) is 30.4 Å². The normalized spacial score (nSPS) is 27.4. The molecule has 1 aromatic rings. The molecule has 2 rings (SSSR count). The second kappa shape index (κ2) is 5.74. The topological polar surface area (TPSA) is 46.3 Å². The minimum absolute atomic E-state index is 0.0730. The van der Waals surface area contributed by atoms with Crippen molar-refractivity contribution in [3.63, 3.8) is 0 Å². The third kappa shape index (κ3) is 3.16. The van der Waals surface area contributed by atoms with Gasteiger partial charge in [0.05, 0.1) is 0 Å². The molecule has 19 heavy (non-hydrogen) atoms. The summed E-state index contributed by atoms with van der Waals surface area (Å²) in [6.07, 6.45) is 4.97. The zero-order valence-corrected chi connectivity index (χ0v) is 11.9. The van der Waals surface area contributed by atoms with E-state index in [2.05, 4.69) is 49.3 Å². The van der Waals surface area contributed by atoms with Crippen LogP contribution in [0, 0.1) is 5.92 Å². The van der Waals surface area contributed by atoms with Crippen molar-refractivity contribution >= 4 is 5.91 Å². The smallest absolute Gasteiger partial charge is 0.220 e. The molecular formula is C16H24N2O. The highest BCUT2D eigenvalue weighted by atomic mass is 16.1. The lowest BCUT2D eigenvalue weighted by atomic mass is 9.72. The maximum Gasteiger partial charge on any atom is 0.220 e. The molecule has 0 aromatic heterocycles. The summed E-state index contributed by atoms with van der Waals surface area (Å²) in [5.41, 5.74) is 6.97. The van der Waals surface area contributed by atoms with Gasteiger partial charge in [0.25, 0.3) is 0 Å². The second-order valence-corrected chi connectivity index (χ2v) is 5.96. The fourth-order valence-corrected chi connectivity index (χ4v) is 3.20. The molecule has 3 nitrogen and oxygen atoms in total. The zero-order chi connectivity index (χ0) is 13.9. The van der Waals surface area contributed by atoms with Crippen LogP contribution >= 0.6 is 0 Å². The Morgan fingerprint density at radius 1 is 1.26 bits per heavy atom. The number of hydrogen-bond donors (Lipinski definition) is 1. The van der Waals surface area contributed by atoms with Gasteiger partial charge in [-0.2, -0.15) is 0 Å². The monoisotopic (exact) mass is 260 g/mol. The standard InChI is InChI=1S/C16H24N2O/c1-18(2)16(12-13-6-4-3-5-7-13)10-8-14(9-11-16)15(17)19/h3-7,14H,8-12H2,1-2H3,(H2,17,19). The summed E-state index contributed by atoms with van der Waals surface area (Å²) in [5.74, 6) is -0.0593. The van der Waals surface area contributed by atoms with Gasteiger partial charge in [-0.1, -0.05) is 30.3 Å². The van der Waals surface area contributed by atoms with Crippen LogP contribution in [0.25, 0.3) is 0 Å². The zero-order valence-electron chi connectivity index (χ0n) is 11.9. The number of nitrogens with two attached hydrogens (primary N) is 1. The van der Waals surface area contributed by atoms with Gasteiger partial charge in [0.1, 0.15) is 0 Å². The first kappa shape index (κ1) is 14.1. The van der Waals surface area contributed by atoms with E-state index in [1.54, 1.807) is 0 Å². The summed E-state index contributed by atoms with van der Waals surface area (Å²) >= 11 is 0. The van der Waals surface area contributed by atoms with Crippen LogP contribution in [0.4, 0.5) is 0 Å². The molecule has 0 heterocycles. The lowest BCUT2D eigenvalue weighted by Crippen LogP contribution is -2.49. The van der Waals surface area contributed by atoms with Crippen molar-refractivity contribution in [2.24, 2.45) is 11.7 Å². The third-order valence-corrected chi connectivity index (χ3v) is 4.64. The molecule has 0 atom stereocenters. The molecule has 3 heteroatoms. The average Bonchev–Trinajstić information content (AvgIpc) is 2.40. The molecule has 1 saturated carbocycles. The Morgan fingerprint density at radius 3 is 2.32 bits per heavy atom. The molecule has 2 N–H and O–H groups in total. The van der Waals surface area contributed by atoms with Crippen LogP contribution in [0.5, 0.6) is 0 Å². The van der Waals surface area contributed by atoms with E-state index in [4.69, 9.17) is 5.73 Å². The molecule has 1 aliphatic carbocycles. The third-order valence-electron chi connectivity index (χ3n) is 4.64. The van der Waals surface area contributed by atoms with Crippen LogP contribution in [0.2, 0.25) is 0 Å². The number of hydrogen-bond acceptors (Lipinski definition) is 2. The van der Waals surface area contributed by atoms with Crippen molar-refractivity contribution in [3.8, 4) is 0 Å². The van der Waals surface area contributed by atoms with Crippen molar-refractivity contribution in [1.82, 2.24) is 4.90 Å². The van der Waals surface area contributed by atoms with Crippen molar-refractivity contribution < 1.29 is 4.79 Å². The molecule has 0 radical (unpaired) electrons. The van der Waals surface area contributed by atoms with E-state index in [1.807, 2.05) is 0 Å². The molecule has 1 amide bonds. The van der Waals surface area contributed by atoms with Crippen LogP contribution in [0.15, 0.2) is 30.3 Å². The molecular weight excluding hydrogens is 236 g/mol. The molecule has 1 aliphatic rings. The Labute approximate surface area is 115 Å². The minimum Gasteiger partial charge on any atom is -0.369 e. The summed E-state index contributed by atoms with van der Waals surface area (Å²) in [6.45, 7) is 0. The lowest BCUT2D eigenvalue weighted by molar-refractivity contribution is -0.123. The van der Waals surface area contributed by atoms with Gasteiger partial charge < -0.3 is 10.6 Å². The van der Waals surface area contributed by atoms with E-state index < -0.39 is 0 Å². The fraction of sp³-hybridized carbons (Fsp3) is 0.562. The van der Waals surface area contributed by atoms with Crippen LogP contribution in [-0.2, 0) is 11.2 Å². The number of primary amides is 1.